The summed E-state index contributed by atoms with van der Waals surface area (Å²) in [6, 6.07) is 2.74. The van der Waals surface area contributed by atoms with Crippen LogP contribution < -0.4 is 15.6 Å². The number of aryl methyl sites for hydroxylation is 1. The van der Waals surface area contributed by atoms with Crippen LogP contribution in [0.2, 0.25) is 0 Å². The lowest BCUT2D eigenvalue weighted by Gasteiger charge is -2.25. The first-order valence-corrected chi connectivity index (χ1v) is 14.5. The molecule has 0 aliphatic carbocycles. The zero-order chi connectivity index (χ0) is 30.0. The van der Waals surface area contributed by atoms with Gasteiger partial charge in [0.2, 0.25) is 5.43 Å². The summed E-state index contributed by atoms with van der Waals surface area (Å²) in [5.41, 5.74) is 2.37. The lowest BCUT2D eigenvalue weighted by Crippen LogP contribution is -2.29. The van der Waals surface area contributed by atoms with Crippen LogP contribution in [0.4, 0.5) is 20.2 Å². The zero-order valence-corrected chi connectivity index (χ0v) is 23.9. The van der Waals surface area contributed by atoms with Crippen molar-refractivity contribution in [1.29, 1.82) is 0 Å². The molecule has 12 heteroatoms. The van der Waals surface area contributed by atoms with Crippen molar-refractivity contribution in [1.82, 2.24) is 24.4 Å². The normalized spacial score (nSPS) is 17.6. The van der Waals surface area contributed by atoms with Crippen molar-refractivity contribution in [2.45, 2.75) is 19.3 Å². The predicted molar refractivity (Wildman–Crippen MR) is 162 cm³/mol. The Morgan fingerprint density at radius 2 is 1.93 bits per heavy atom. The van der Waals surface area contributed by atoms with Crippen molar-refractivity contribution in [3.05, 3.63) is 58.1 Å². The number of nitrogens with one attached hydrogen (secondary N) is 2. The van der Waals surface area contributed by atoms with Gasteiger partial charge in [0.15, 0.2) is 11.6 Å². The summed E-state index contributed by atoms with van der Waals surface area (Å²) in [7, 11) is 3.28. The van der Waals surface area contributed by atoms with Gasteiger partial charge in [0.05, 0.1) is 33.1 Å². The van der Waals surface area contributed by atoms with Crippen molar-refractivity contribution in [3.8, 4) is 11.1 Å². The number of aromatic nitrogens is 4. The summed E-state index contributed by atoms with van der Waals surface area (Å²) < 4.78 is 32.1. The third-order valence-corrected chi connectivity index (χ3v) is 8.91. The number of anilines is 2. The highest BCUT2D eigenvalue weighted by Gasteiger charge is 2.31. The first-order chi connectivity index (χ1) is 20.7. The third kappa shape index (κ3) is 4.39. The van der Waals surface area contributed by atoms with Crippen molar-refractivity contribution in [3.63, 3.8) is 0 Å². The standard InChI is InChI=1S/C31H31F2N7O3/c1-34-22-10-21(32)25(33)23-24-27(40-8-5-16(14-40)13-39-6-3-4-7-39)19(12-35-29(24)37-26(22)23)17-9-18-28(41)20(31(42)43)15-38(2)30(18)36-11-17/h9-12,15-16,34H,3-8,13-14H2,1-2H3,(H,35,37)(H,42,43). The number of pyridine rings is 3. The molecule has 2 fully saturated rings. The molecule has 1 unspecified atom stereocenters. The number of halogens is 2. The fraction of sp³-hybridized carbons (Fsp3) is 0.355. The second kappa shape index (κ2) is 10.3. The van der Waals surface area contributed by atoms with Crippen LogP contribution >= 0.6 is 0 Å². The second-order valence-corrected chi connectivity index (χ2v) is 11.6. The van der Waals surface area contributed by atoms with Crippen molar-refractivity contribution in [2.75, 3.05) is 50.0 Å². The number of hydrogen-bond acceptors (Lipinski definition) is 7. The molecule has 0 spiro atoms. The van der Waals surface area contributed by atoms with E-state index in [0.717, 1.165) is 38.7 Å². The van der Waals surface area contributed by atoms with Crippen molar-refractivity contribution < 1.29 is 18.7 Å². The highest BCUT2D eigenvalue weighted by atomic mass is 19.2. The Morgan fingerprint density at radius 3 is 2.67 bits per heavy atom. The summed E-state index contributed by atoms with van der Waals surface area (Å²) in [6.45, 7) is 4.59. The molecule has 2 aliphatic heterocycles. The molecule has 43 heavy (non-hydrogen) atoms. The van der Waals surface area contributed by atoms with Gasteiger partial charge in [-0.3, -0.25) is 4.79 Å². The number of carbonyl (C=O) groups is 1. The minimum atomic E-state index is -1.32. The Balaban J connectivity index is 1.47. The van der Waals surface area contributed by atoms with E-state index in [2.05, 4.69) is 30.1 Å². The topological polar surface area (TPSA) is 119 Å². The zero-order valence-electron chi connectivity index (χ0n) is 23.9. The van der Waals surface area contributed by atoms with Gasteiger partial charge in [-0.1, -0.05) is 0 Å². The number of fused-ring (bicyclic) bond motifs is 4. The van der Waals surface area contributed by atoms with Gasteiger partial charge in [-0.05, 0) is 44.3 Å². The van der Waals surface area contributed by atoms with Crippen LogP contribution in [0.25, 0.3) is 44.1 Å². The van der Waals surface area contributed by atoms with Crippen LogP contribution in [-0.2, 0) is 7.05 Å². The van der Waals surface area contributed by atoms with Crippen LogP contribution in [0.3, 0.4) is 0 Å². The van der Waals surface area contributed by atoms with E-state index in [9.17, 15) is 19.1 Å². The molecule has 222 valence electrons. The van der Waals surface area contributed by atoms with E-state index >= 15 is 4.39 Å². The van der Waals surface area contributed by atoms with Crippen molar-refractivity contribution in [2.24, 2.45) is 13.0 Å². The Hall–Kier alpha value is -4.58. The van der Waals surface area contributed by atoms with Gasteiger partial charge in [0.25, 0.3) is 0 Å². The summed E-state index contributed by atoms with van der Waals surface area (Å²) in [4.78, 5) is 42.0. The Labute approximate surface area is 244 Å². The Morgan fingerprint density at radius 1 is 1.14 bits per heavy atom. The summed E-state index contributed by atoms with van der Waals surface area (Å²) >= 11 is 0. The first-order valence-electron chi connectivity index (χ1n) is 14.5. The molecule has 0 amide bonds. The average Bonchev–Trinajstić information content (AvgIpc) is 3.77. The first kappa shape index (κ1) is 27.3. The Kier molecular flexibility index (Phi) is 6.53. The molecule has 1 aromatic carbocycles. The molecule has 6 heterocycles. The molecule has 0 saturated carbocycles. The van der Waals surface area contributed by atoms with Gasteiger partial charge in [-0.15, -0.1) is 0 Å². The third-order valence-electron chi connectivity index (χ3n) is 8.91. The monoisotopic (exact) mass is 587 g/mol. The van der Waals surface area contributed by atoms with Crippen LogP contribution in [0, 0.1) is 17.6 Å². The minimum absolute atomic E-state index is 0.101. The van der Waals surface area contributed by atoms with E-state index in [1.165, 1.54) is 23.6 Å². The average molecular weight is 588 g/mol. The molecule has 2 aliphatic rings. The number of rotatable bonds is 6. The van der Waals surface area contributed by atoms with Gasteiger partial charge in [-0.2, -0.15) is 0 Å². The van der Waals surface area contributed by atoms with E-state index in [1.54, 1.807) is 32.6 Å². The minimum Gasteiger partial charge on any atom is -0.477 e. The molecule has 2 saturated heterocycles. The molecular weight excluding hydrogens is 556 g/mol. The summed E-state index contributed by atoms with van der Waals surface area (Å²) in [6.07, 6.45) is 7.88. The molecule has 0 radical (unpaired) electrons. The predicted octanol–water partition coefficient (Wildman–Crippen LogP) is 4.57. The molecule has 3 N–H and O–H groups in total. The van der Waals surface area contributed by atoms with E-state index in [-0.39, 0.29) is 16.3 Å². The van der Waals surface area contributed by atoms with Gasteiger partial charge in [0.1, 0.15) is 16.9 Å². The SMILES string of the molecule is CNc1cc(F)c(F)c2c1[nH]c1ncc(-c3cnc4c(c3)c(=O)c(C(=O)O)cn4C)c(N3CCC(CN4CCCC4)C3)c12. The van der Waals surface area contributed by atoms with Gasteiger partial charge in [-0.25, -0.2) is 23.5 Å². The maximum absolute atomic E-state index is 15.7. The van der Waals surface area contributed by atoms with Crippen LogP contribution in [-0.4, -0.2) is 75.3 Å². The molecule has 10 nitrogen and oxygen atoms in total. The number of nitrogens with zero attached hydrogens (tertiary/aromatic N) is 5. The molecule has 1 atom stereocenters. The summed E-state index contributed by atoms with van der Waals surface area (Å²) in [5.74, 6) is -2.87. The highest BCUT2D eigenvalue weighted by molar-refractivity contribution is 6.18. The van der Waals surface area contributed by atoms with E-state index in [0.29, 0.717) is 57.2 Å². The second-order valence-electron chi connectivity index (χ2n) is 11.6. The van der Waals surface area contributed by atoms with Gasteiger partial charge < -0.3 is 29.8 Å². The smallest absolute Gasteiger partial charge is 0.341 e. The molecular formula is C31H31F2N7O3. The fourth-order valence-corrected chi connectivity index (χ4v) is 6.86. The molecule has 0 bridgehead atoms. The maximum Gasteiger partial charge on any atom is 0.341 e. The number of hydrogen-bond donors (Lipinski definition) is 3. The maximum atomic E-state index is 15.7. The Bertz CT molecular complexity index is 2000. The van der Waals surface area contributed by atoms with Gasteiger partial charge >= 0.3 is 5.97 Å². The highest BCUT2D eigenvalue weighted by Crippen LogP contribution is 2.44. The van der Waals surface area contributed by atoms with E-state index in [4.69, 9.17) is 0 Å². The number of likely N-dealkylation sites (tertiary alicyclic amines) is 1. The van der Waals surface area contributed by atoms with E-state index < -0.39 is 23.0 Å². The number of aromatic carboxylic acids is 1. The number of carboxylic acid groups (broad SMARTS) is 1. The number of H-pyrrole nitrogens is 1. The number of benzene rings is 1. The van der Waals surface area contributed by atoms with Crippen LogP contribution in [0.1, 0.15) is 29.6 Å². The summed E-state index contributed by atoms with van der Waals surface area (Å²) in [5, 5.41) is 13.3. The van der Waals surface area contributed by atoms with Crippen LogP contribution in [0.15, 0.2) is 35.5 Å². The number of aromatic amines is 1. The quantitative estimate of drug-likeness (QED) is 0.264. The van der Waals surface area contributed by atoms with Crippen LogP contribution in [0.5, 0.6) is 0 Å². The fourth-order valence-electron chi connectivity index (χ4n) is 6.86. The lowest BCUT2D eigenvalue weighted by atomic mass is 10.0. The molecule has 4 aromatic heterocycles. The number of carboxylic acids is 1. The van der Waals surface area contributed by atoms with Crippen molar-refractivity contribution >= 4 is 50.3 Å². The molecule has 7 rings (SSSR count). The lowest BCUT2D eigenvalue weighted by molar-refractivity contribution is 0.0695. The van der Waals surface area contributed by atoms with Gasteiger partial charge in [0, 0.05) is 69.5 Å². The van der Waals surface area contributed by atoms with E-state index in [1.807, 2.05) is 0 Å². The molecule has 5 aromatic rings. The largest absolute Gasteiger partial charge is 0.477 e.